The van der Waals surface area contributed by atoms with Crippen LogP contribution in [0.4, 0.5) is 0 Å². The predicted molar refractivity (Wildman–Crippen MR) is 108 cm³/mol. The van der Waals surface area contributed by atoms with Gasteiger partial charge in [-0.2, -0.15) is 4.31 Å². The van der Waals surface area contributed by atoms with E-state index < -0.39 is 26.1 Å². The highest BCUT2D eigenvalue weighted by Crippen LogP contribution is 2.20. The number of nitrogens with one attached hydrogen (secondary N) is 2. The lowest BCUT2D eigenvalue weighted by Gasteiger charge is -2.32. The maximum atomic E-state index is 12.6. The van der Waals surface area contributed by atoms with Gasteiger partial charge >= 0.3 is 0 Å². The average Bonchev–Trinajstić information content (AvgIpc) is 2.58. The smallest absolute Gasteiger partial charge is 0.238 e. The summed E-state index contributed by atoms with van der Waals surface area (Å²) in [5.74, 6) is -0.543. The molecular weight excluding hydrogens is 402 g/mol. The summed E-state index contributed by atoms with van der Waals surface area (Å²) in [6.07, 6.45) is 3.12. The first-order chi connectivity index (χ1) is 13.0. The molecule has 1 amide bonds. The Bertz CT molecular complexity index is 898. The summed E-state index contributed by atoms with van der Waals surface area (Å²) in [4.78, 5) is 12.6. The zero-order chi connectivity index (χ0) is 20.9. The Morgan fingerprint density at radius 3 is 2.39 bits per heavy atom. The summed E-state index contributed by atoms with van der Waals surface area (Å²) in [6, 6.07) is 6.07. The molecule has 28 heavy (non-hydrogen) atoms. The molecule has 10 heteroatoms. The van der Waals surface area contributed by atoms with Crippen molar-refractivity contribution < 1.29 is 21.6 Å². The maximum Gasteiger partial charge on any atom is 0.238 e. The van der Waals surface area contributed by atoms with Gasteiger partial charge in [-0.05, 0) is 37.8 Å². The van der Waals surface area contributed by atoms with Crippen molar-refractivity contribution in [3.8, 4) is 0 Å². The molecule has 0 unspecified atom stereocenters. The summed E-state index contributed by atoms with van der Waals surface area (Å²) < 4.78 is 52.1. The quantitative estimate of drug-likeness (QED) is 0.636. The molecule has 0 aromatic heterocycles. The topological polar surface area (TPSA) is 113 Å². The van der Waals surface area contributed by atoms with E-state index in [0.717, 1.165) is 19.1 Å². The van der Waals surface area contributed by atoms with E-state index in [0.29, 0.717) is 24.1 Å². The number of sulfonamides is 2. The second-order valence-electron chi connectivity index (χ2n) is 7.40. The van der Waals surface area contributed by atoms with Gasteiger partial charge in [-0.1, -0.05) is 30.7 Å². The van der Waals surface area contributed by atoms with Crippen molar-refractivity contribution in [1.82, 2.24) is 14.3 Å². The van der Waals surface area contributed by atoms with Crippen molar-refractivity contribution in [2.45, 2.75) is 57.5 Å². The number of nitrogens with zero attached hydrogens (tertiary/aromatic N) is 1. The molecule has 0 aliphatic carbocycles. The van der Waals surface area contributed by atoms with Crippen LogP contribution in [0.1, 0.15) is 44.2 Å². The van der Waals surface area contributed by atoms with Crippen molar-refractivity contribution in [2.24, 2.45) is 0 Å². The highest BCUT2D eigenvalue weighted by atomic mass is 32.2. The standard InChI is InChI=1S/C18H29N3O5S2/c1-14(2)20-28(25,26)13-16-9-5-4-8-15(16)12-19-18(22)17-10-6-7-11-21(17)27(3,23)24/h4-5,8-9,14,17,20H,6-7,10-13H2,1-3H3,(H,19,22)/t17-/m0/s1. The van der Waals surface area contributed by atoms with Crippen LogP contribution in [-0.4, -0.2) is 51.9 Å². The number of benzene rings is 1. The Morgan fingerprint density at radius 2 is 1.79 bits per heavy atom. The largest absolute Gasteiger partial charge is 0.351 e. The Labute approximate surface area is 167 Å². The van der Waals surface area contributed by atoms with Gasteiger partial charge < -0.3 is 5.32 Å². The van der Waals surface area contributed by atoms with E-state index in [-0.39, 0.29) is 24.2 Å². The molecule has 1 fully saturated rings. The van der Waals surface area contributed by atoms with Crippen molar-refractivity contribution >= 4 is 26.0 Å². The fourth-order valence-corrected chi connectivity index (χ4v) is 5.96. The first-order valence-electron chi connectivity index (χ1n) is 9.31. The van der Waals surface area contributed by atoms with Gasteiger partial charge in [0.15, 0.2) is 0 Å². The van der Waals surface area contributed by atoms with Gasteiger partial charge in [0, 0.05) is 19.1 Å². The minimum atomic E-state index is -3.49. The molecule has 8 nitrogen and oxygen atoms in total. The number of carbonyl (C=O) groups is 1. The zero-order valence-corrected chi connectivity index (χ0v) is 18.1. The molecule has 1 heterocycles. The number of carbonyl (C=O) groups excluding carboxylic acids is 1. The molecule has 1 aromatic rings. The average molecular weight is 432 g/mol. The summed E-state index contributed by atoms with van der Waals surface area (Å²) in [6.45, 7) is 3.98. The van der Waals surface area contributed by atoms with Crippen LogP contribution in [0.2, 0.25) is 0 Å². The van der Waals surface area contributed by atoms with Gasteiger partial charge in [-0.3, -0.25) is 4.79 Å². The molecule has 0 saturated carbocycles. The van der Waals surface area contributed by atoms with Crippen molar-refractivity contribution in [3.63, 3.8) is 0 Å². The normalized spacial score (nSPS) is 18.9. The molecule has 1 atom stereocenters. The summed E-state index contributed by atoms with van der Waals surface area (Å²) in [5, 5.41) is 2.78. The predicted octanol–water partition coefficient (Wildman–Crippen LogP) is 0.945. The summed E-state index contributed by atoms with van der Waals surface area (Å²) >= 11 is 0. The van der Waals surface area contributed by atoms with Crippen molar-refractivity contribution in [3.05, 3.63) is 35.4 Å². The fourth-order valence-electron chi connectivity index (χ4n) is 3.34. The van der Waals surface area contributed by atoms with E-state index in [1.807, 2.05) is 0 Å². The molecule has 2 rings (SSSR count). The van der Waals surface area contributed by atoms with Crippen LogP contribution in [0.15, 0.2) is 24.3 Å². The minimum Gasteiger partial charge on any atom is -0.351 e. The van der Waals surface area contributed by atoms with Crippen molar-refractivity contribution in [2.75, 3.05) is 12.8 Å². The third-order valence-electron chi connectivity index (χ3n) is 4.51. The molecule has 1 aliphatic rings. The lowest BCUT2D eigenvalue weighted by Crippen LogP contribution is -2.51. The van der Waals surface area contributed by atoms with Gasteiger partial charge in [-0.15, -0.1) is 0 Å². The van der Waals surface area contributed by atoms with Crippen LogP contribution in [0.5, 0.6) is 0 Å². The van der Waals surface area contributed by atoms with Gasteiger partial charge in [0.2, 0.25) is 26.0 Å². The van der Waals surface area contributed by atoms with Gasteiger partial charge in [0.25, 0.3) is 0 Å². The summed E-state index contributed by atoms with van der Waals surface area (Å²) in [7, 11) is -6.96. The van der Waals surface area contributed by atoms with Crippen LogP contribution < -0.4 is 10.0 Å². The Hall–Kier alpha value is -1.49. The van der Waals surface area contributed by atoms with Crippen LogP contribution in [0.3, 0.4) is 0 Å². The molecule has 0 spiro atoms. The van der Waals surface area contributed by atoms with E-state index in [1.54, 1.807) is 38.1 Å². The van der Waals surface area contributed by atoms with Crippen LogP contribution in [0.25, 0.3) is 0 Å². The second-order valence-corrected chi connectivity index (χ2v) is 11.1. The Kier molecular flexibility index (Phi) is 7.60. The third kappa shape index (κ3) is 6.54. The Morgan fingerprint density at radius 1 is 1.14 bits per heavy atom. The molecule has 0 radical (unpaired) electrons. The Balaban J connectivity index is 2.09. The molecule has 2 N–H and O–H groups in total. The van der Waals surface area contributed by atoms with E-state index in [2.05, 4.69) is 10.0 Å². The lowest BCUT2D eigenvalue weighted by atomic mass is 10.0. The van der Waals surface area contributed by atoms with Crippen LogP contribution >= 0.6 is 0 Å². The number of hydrogen-bond acceptors (Lipinski definition) is 5. The molecule has 0 bridgehead atoms. The maximum absolute atomic E-state index is 12.6. The van der Waals surface area contributed by atoms with Gasteiger partial charge in [0.05, 0.1) is 12.0 Å². The number of rotatable bonds is 8. The highest BCUT2D eigenvalue weighted by Gasteiger charge is 2.34. The highest BCUT2D eigenvalue weighted by molar-refractivity contribution is 7.88. The second kappa shape index (κ2) is 9.34. The SMILES string of the molecule is CC(C)NS(=O)(=O)Cc1ccccc1CNC(=O)[C@@H]1CCCCN1S(C)(=O)=O. The summed E-state index contributed by atoms with van der Waals surface area (Å²) in [5.41, 5.74) is 1.28. The molecule has 1 aromatic carbocycles. The third-order valence-corrected chi connectivity index (χ3v) is 7.33. The number of amides is 1. The van der Waals surface area contributed by atoms with Crippen molar-refractivity contribution in [1.29, 1.82) is 0 Å². The molecule has 1 aliphatic heterocycles. The van der Waals surface area contributed by atoms with Gasteiger partial charge in [-0.25, -0.2) is 21.6 Å². The van der Waals surface area contributed by atoms with E-state index in [9.17, 15) is 21.6 Å². The van der Waals surface area contributed by atoms with Gasteiger partial charge in [0.1, 0.15) is 6.04 Å². The number of hydrogen-bond donors (Lipinski definition) is 2. The first kappa shape index (κ1) is 22.8. The van der Waals surface area contributed by atoms with Crippen LogP contribution in [-0.2, 0) is 37.1 Å². The molecule has 158 valence electrons. The number of piperidine rings is 1. The van der Waals surface area contributed by atoms with Crippen LogP contribution in [0, 0.1) is 0 Å². The first-order valence-corrected chi connectivity index (χ1v) is 12.8. The molecular formula is C18H29N3O5S2. The van der Waals surface area contributed by atoms with E-state index >= 15 is 0 Å². The zero-order valence-electron chi connectivity index (χ0n) is 16.5. The monoisotopic (exact) mass is 431 g/mol. The lowest BCUT2D eigenvalue weighted by molar-refractivity contribution is -0.125. The fraction of sp³-hybridized carbons (Fsp3) is 0.611. The molecule has 1 saturated heterocycles. The van der Waals surface area contributed by atoms with E-state index in [4.69, 9.17) is 0 Å². The minimum absolute atomic E-state index is 0.139. The van der Waals surface area contributed by atoms with E-state index in [1.165, 1.54) is 4.31 Å².